The first-order valence-corrected chi connectivity index (χ1v) is 8.80. The molecule has 28 heavy (non-hydrogen) atoms. The zero-order chi connectivity index (χ0) is 19.9. The molecule has 0 fully saturated rings. The van der Waals surface area contributed by atoms with Gasteiger partial charge in [-0.25, -0.2) is 14.4 Å². The maximum Gasteiger partial charge on any atom is 0.349 e. The molecule has 140 valence electrons. The van der Waals surface area contributed by atoms with Crippen LogP contribution >= 0.6 is 0 Å². The first kappa shape index (κ1) is 19.0. The fraction of sp³-hybridized carbons (Fsp3) is 0.0870. The van der Waals surface area contributed by atoms with Gasteiger partial charge in [-0.2, -0.15) is 0 Å². The molecule has 0 unspecified atom stereocenters. The fourth-order valence-corrected chi connectivity index (χ4v) is 2.68. The summed E-state index contributed by atoms with van der Waals surface area (Å²) in [6.45, 7) is 1.94. The van der Waals surface area contributed by atoms with Crippen molar-refractivity contribution in [1.29, 1.82) is 0 Å². The van der Waals surface area contributed by atoms with Crippen molar-refractivity contribution in [3.05, 3.63) is 101 Å². The maximum atomic E-state index is 12.6. The van der Waals surface area contributed by atoms with Crippen LogP contribution in [0.25, 0.3) is 0 Å². The van der Waals surface area contributed by atoms with Gasteiger partial charge in [0.05, 0.1) is 11.1 Å². The summed E-state index contributed by atoms with van der Waals surface area (Å²) in [6, 6.07) is 21.4. The Labute approximate surface area is 162 Å². The molecule has 3 rings (SSSR count). The van der Waals surface area contributed by atoms with Crippen LogP contribution in [-0.4, -0.2) is 17.9 Å². The lowest BCUT2D eigenvalue weighted by Crippen LogP contribution is -2.16. The van der Waals surface area contributed by atoms with E-state index in [4.69, 9.17) is 9.47 Å². The third-order valence-corrected chi connectivity index (χ3v) is 4.12. The Morgan fingerprint density at radius 1 is 0.679 bits per heavy atom. The lowest BCUT2D eigenvalue weighted by molar-refractivity contribution is 0.0396. The maximum absolute atomic E-state index is 12.6. The molecule has 0 radical (unpaired) electrons. The largest absolute Gasteiger partial charge is 0.422 e. The molecule has 0 saturated carbocycles. The van der Waals surface area contributed by atoms with Crippen molar-refractivity contribution in [3.63, 3.8) is 0 Å². The quantitative estimate of drug-likeness (QED) is 0.374. The summed E-state index contributed by atoms with van der Waals surface area (Å²) in [5.74, 6) is -2.21. The highest BCUT2D eigenvalue weighted by Gasteiger charge is 2.21. The Kier molecular flexibility index (Phi) is 5.97. The predicted octanol–water partition coefficient (Wildman–Crippen LogP) is 4.47. The molecule has 5 heteroatoms. The molecule has 0 aromatic heterocycles. The first-order chi connectivity index (χ1) is 13.6. The zero-order valence-electron chi connectivity index (χ0n) is 15.3. The average molecular weight is 374 g/mol. The summed E-state index contributed by atoms with van der Waals surface area (Å²) >= 11 is 0. The number of aryl methyl sites for hydroxylation is 1. The molecule has 0 aliphatic heterocycles. The van der Waals surface area contributed by atoms with E-state index in [0.717, 1.165) is 5.56 Å². The van der Waals surface area contributed by atoms with Crippen LogP contribution in [0.15, 0.2) is 78.9 Å². The van der Waals surface area contributed by atoms with E-state index < -0.39 is 17.9 Å². The van der Waals surface area contributed by atoms with Crippen molar-refractivity contribution in [2.45, 2.75) is 13.3 Å². The minimum absolute atomic E-state index is 0.00545. The summed E-state index contributed by atoms with van der Waals surface area (Å²) in [4.78, 5) is 37.1. The van der Waals surface area contributed by atoms with Gasteiger partial charge in [0, 0.05) is 0 Å². The van der Waals surface area contributed by atoms with E-state index in [1.54, 1.807) is 54.6 Å². The number of carbonyl (C=O) groups is 3. The molecule has 0 atom stereocenters. The summed E-state index contributed by atoms with van der Waals surface area (Å²) in [7, 11) is 0. The van der Waals surface area contributed by atoms with Gasteiger partial charge in [-0.1, -0.05) is 55.5 Å². The highest BCUT2D eigenvalue weighted by Crippen LogP contribution is 2.22. The SMILES string of the molecule is CCc1ccccc1C(=O)Oc1ccccc1C(=O)OC(=O)c1ccccc1. The Bertz CT molecular complexity index is 1010. The number of ether oxygens (including phenoxy) is 2. The monoisotopic (exact) mass is 374 g/mol. The molecule has 0 aliphatic rings. The topological polar surface area (TPSA) is 69.7 Å². The van der Waals surface area contributed by atoms with Crippen LogP contribution in [0.4, 0.5) is 0 Å². The van der Waals surface area contributed by atoms with Crippen LogP contribution in [-0.2, 0) is 11.2 Å². The van der Waals surface area contributed by atoms with E-state index in [-0.39, 0.29) is 16.9 Å². The van der Waals surface area contributed by atoms with Crippen molar-refractivity contribution in [3.8, 4) is 5.75 Å². The van der Waals surface area contributed by atoms with Crippen LogP contribution in [0.5, 0.6) is 5.75 Å². The van der Waals surface area contributed by atoms with Crippen molar-refractivity contribution in [1.82, 2.24) is 0 Å². The molecule has 3 aromatic rings. The Morgan fingerprint density at radius 3 is 2.00 bits per heavy atom. The highest BCUT2D eigenvalue weighted by atomic mass is 16.6. The molecule has 5 nitrogen and oxygen atoms in total. The van der Waals surface area contributed by atoms with E-state index in [1.807, 2.05) is 19.1 Å². The van der Waals surface area contributed by atoms with E-state index in [2.05, 4.69) is 0 Å². The zero-order valence-corrected chi connectivity index (χ0v) is 15.3. The van der Waals surface area contributed by atoms with Crippen LogP contribution in [0.1, 0.15) is 43.6 Å². The van der Waals surface area contributed by atoms with Gasteiger partial charge >= 0.3 is 17.9 Å². The molecule has 3 aromatic carbocycles. The van der Waals surface area contributed by atoms with E-state index in [1.165, 1.54) is 12.1 Å². The van der Waals surface area contributed by atoms with Crippen LogP contribution in [0.3, 0.4) is 0 Å². The second-order valence-corrected chi connectivity index (χ2v) is 5.94. The molecular weight excluding hydrogens is 356 g/mol. The highest BCUT2D eigenvalue weighted by molar-refractivity contribution is 6.04. The number of carbonyl (C=O) groups excluding carboxylic acids is 3. The van der Waals surface area contributed by atoms with E-state index >= 15 is 0 Å². The normalized spacial score (nSPS) is 10.2. The number of benzene rings is 3. The van der Waals surface area contributed by atoms with Crippen LogP contribution in [0.2, 0.25) is 0 Å². The molecule has 0 bridgehead atoms. The van der Waals surface area contributed by atoms with Crippen LogP contribution in [0, 0.1) is 0 Å². The van der Waals surface area contributed by atoms with Crippen molar-refractivity contribution in [2.75, 3.05) is 0 Å². The molecule has 0 N–H and O–H groups in total. The fourth-order valence-electron chi connectivity index (χ4n) is 2.68. The van der Waals surface area contributed by atoms with Gasteiger partial charge in [0.2, 0.25) is 0 Å². The lowest BCUT2D eigenvalue weighted by atomic mass is 10.1. The third kappa shape index (κ3) is 4.32. The van der Waals surface area contributed by atoms with Gasteiger partial charge in [0.15, 0.2) is 0 Å². The third-order valence-electron chi connectivity index (χ3n) is 4.12. The summed E-state index contributed by atoms with van der Waals surface area (Å²) in [5, 5.41) is 0. The lowest BCUT2D eigenvalue weighted by Gasteiger charge is -2.11. The Balaban J connectivity index is 1.80. The Hall–Kier alpha value is -3.73. The molecular formula is C23H18O5. The van der Waals surface area contributed by atoms with Crippen molar-refractivity contribution >= 4 is 17.9 Å². The minimum atomic E-state index is -0.888. The van der Waals surface area contributed by atoms with Crippen molar-refractivity contribution < 1.29 is 23.9 Å². The molecule has 0 amide bonds. The Morgan fingerprint density at radius 2 is 1.29 bits per heavy atom. The van der Waals surface area contributed by atoms with Gasteiger partial charge in [-0.3, -0.25) is 0 Å². The van der Waals surface area contributed by atoms with Gasteiger partial charge in [0.1, 0.15) is 11.3 Å². The molecule has 0 saturated heterocycles. The first-order valence-electron chi connectivity index (χ1n) is 8.80. The number of para-hydroxylation sites is 1. The number of rotatable bonds is 5. The minimum Gasteiger partial charge on any atom is -0.422 e. The van der Waals surface area contributed by atoms with E-state index in [9.17, 15) is 14.4 Å². The smallest absolute Gasteiger partial charge is 0.349 e. The van der Waals surface area contributed by atoms with Crippen molar-refractivity contribution in [2.24, 2.45) is 0 Å². The van der Waals surface area contributed by atoms with Gasteiger partial charge < -0.3 is 9.47 Å². The molecule has 0 aliphatic carbocycles. The second-order valence-electron chi connectivity index (χ2n) is 5.94. The average Bonchev–Trinajstić information content (AvgIpc) is 2.74. The van der Waals surface area contributed by atoms with Gasteiger partial charge in [-0.15, -0.1) is 0 Å². The number of hydrogen-bond acceptors (Lipinski definition) is 5. The standard InChI is InChI=1S/C23H18O5/c1-2-16-10-6-7-13-18(16)22(25)27-20-15-9-8-14-19(20)23(26)28-21(24)17-11-4-3-5-12-17/h3-15H,2H2,1H3. The summed E-state index contributed by atoms with van der Waals surface area (Å²) in [5.41, 5.74) is 1.51. The number of hydrogen-bond donors (Lipinski definition) is 0. The summed E-state index contributed by atoms with van der Waals surface area (Å²) < 4.78 is 10.4. The molecule has 0 spiro atoms. The summed E-state index contributed by atoms with van der Waals surface area (Å²) in [6.07, 6.45) is 0.667. The van der Waals surface area contributed by atoms with Gasteiger partial charge in [0.25, 0.3) is 0 Å². The second kappa shape index (κ2) is 8.77. The van der Waals surface area contributed by atoms with E-state index in [0.29, 0.717) is 12.0 Å². The predicted molar refractivity (Wildman–Crippen MR) is 103 cm³/mol. The molecule has 0 heterocycles. The van der Waals surface area contributed by atoms with Gasteiger partial charge in [-0.05, 0) is 42.3 Å². The van der Waals surface area contributed by atoms with Crippen LogP contribution < -0.4 is 4.74 Å². The number of esters is 3.